The number of carbonyl (C=O) groups is 6. The number of amides is 6. The topological polar surface area (TPSA) is 231 Å². The van der Waals surface area contributed by atoms with Crippen LogP contribution in [-0.2, 0) is 25.5 Å². The minimum Gasteiger partial charge on any atom is -0.398 e. The van der Waals surface area contributed by atoms with E-state index in [0.29, 0.717) is 81.4 Å². The van der Waals surface area contributed by atoms with Crippen LogP contribution in [-0.4, -0.2) is 122 Å². The quantitative estimate of drug-likeness (QED) is 0.0189. The molecule has 0 aliphatic carbocycles. The summed E-state index contributed by atoms with van der Waals surface area (Å²) >= 11 is 0. The fraction of sp³-hybridized carbons (Fsp3) is 0.415. The lowest BCUT2D eigenvalue weighted by Crippen LogP contribution is -2.54. The van der Waals surface area contributed by atoms with E-state index in [2.05, 4.69) is 36.4 Å². The van der Waals surface area contributed by atoms with Crippen LogP contribution in [0.5, 0.6) is 0 Å². The van der Waals surface area contributed by atoms with E-state index >= 15 is 0 Å². The van der Waals surface area contributed by atoms with E-state index in [-0.39, 0.29) is 59.4 Å². The molecule has 72 heavy (non-hydrogen) atoms. The Morgan fingerprint density at radius 1 is 0.750 bits per heavy atom. The number of rotatable bonds is 20. The van der Waals surface area contributed by atoms with E-state index in [9.17, 15) is 37.5 Å². The molecular formula is C53H62F2N10O7. The number of halogens is 2. The molecule has 3 fully saturated rings. The zero-order valence-electron chi connectivity index (χ0n) is 40.3. The Bertz CT molecular complexity index is 2680. The second-order valence-electron chi connectivity index (χ2n) is 18.8. The average Bonchev–Trinajstić information content (AvgIpc) is 3.60. The van der Waals surface area contributed by atoms with Gasteiger partial charge in [-0.15, -0.1) is 0 Å². The van der Waals surface area contributed by atoms with Gasteiger partial charge in [0.05, 0.1) is 23.2 Å². The Morgan fingerprint density at radius 3 is 2.19 bits per heavy atom. The lowest BCUT2D eigenvalue weighted by molar-refractivity contribution is -0.136. The molecule has 0 saturated carbocycles. The van der Waals surface area contributed by atoms with Crippen LogP contribution in [0.25, 0.3) is 0 Å². The molecule has 8 N–H and O–H groups in total. The van der Waals surface area contributed by atoms with Crippen molar-refractivity contribution in [2.75, 3.05) is 80.3 Å². The van der Waals surface area contributed by atoms with Crippen molar-refractivity contribution in [2.24, 2.45) is 0 Å². The van der Waals surface area contributed by atoms with Gasteiger partial charge in [-0.05, 0) is 110 Å². The van der Waals surface area contributed by atoms with E-state index in [1.54, 1.807) is 42.5 Å². The molecule has 4 aliphatic rings. The highest BCUT2D eigenvalue weighted by Gasteiger charge is 2.44. The van der Waals surface area contributed by atoms with Gasteiger partial charge in [-0.1, -0.05) is 31.7 Å². The Hall–Kier alpha value is -7.25. The lowest BCUT2D eigenvalue weighted by atomic mass is 10.0. The molecule has 4 aromatic carbocycles. The van der Waals surface area contributed by atoms with Crippen LogP contribution in [0.15, 0.2) is 72.8 Å². The van der Waals surface area contributed by atoms with Gasteiger partial charge < -0.3 is 36.6 Å². The maximum absolute atomic E-state index is 13.9. The number of unbranched alkanes of at least 4 members (excludes halogenated alkanes) is 5. The van der Waals surface area contributed by atoms with Gasteiger partial charge in [0.15, 0.2) is 0 Å². The van der Waals surface area contributed by atoms with Crippen molar-refractivity contribution in [1.29, 1.82) is 5.41 Å². The second-order valence-corrected chi connectivity index (χ2v) is 18.8. The van der Waals surface area contributed by atoms with Crippen molar-refractivity contribution in [3.05, 3.63) is 118 Å². The molecule has 0 bridgehead atoms. The summed E-state index contributed by atoms with van der Waals surface area (Å²) < 4.78 is 33.3. The average molecular weight is 989 g/mol. The zero-order valence-corrected chi connectivity index (χ0v) is 40.3. The molecule has 0 radical (unpaired) electrons. The number of carbonyl (C=O) groups excluding carboxylic acids is 6. The van der Waals surface area contributed by atoms with Gasteiger partial charge in [0.2, 0.25) is 17.7 Å². The van der Waals surface area contributed by atoms with Crippen LogP contribution in [0.2, 0.25) is 0 Å². The molecule has 19 heteroatoms. The smallest absolute Gasteiger partial charge is 0.262 e. The maximum atomic E-state index is 13.9. The number of piperidine rings is 1. The molecule has 3 saturated heterocycles. The summed E-state index contributed by atoms with van der Waals surface area (Å²) in [6, 6.07) is 18.0. The van der Waals surface area contributed by atoms with Gasteiger partial charge in [0, 0.05) is 99.3 Å². The third-order valence-electron chi connectivity index (χ3n) is 13.6. The molecule has 0 aromatic heterocycles. The molecule has 4 aromatic rings. The number of imide groups is 2. The summed E-state index contributed by atoms with van der Waals surface area (Å²) in [5.74, 6) is -4.16. The Labute approximate surface area is 417 Å². The number of nitrogens with zero attached hydrogens (tertiary/aromatic N) is 3. The fourth-order valence-corrected chi connectivity index (χ4v) is 9.66. The third kappa shape index (κ3) is 13.0. The van der Waals surface area contributed by atoms with Crippen molar-refractivity contribution in [3.8, 4) is 0 Å². The third-order valence-corrected chi connectivity index (χ3v) is 13.6. The number of amidine groups is 1. The minimum atomic E-state index is -0.994. The van der Waals surface area contributed by atoms with Gasteiger partial charge in [-0.25, -0.2) is 8.78 Å². The number of fused-ring (bicyclic) bond motifs is 1. The van der Waals surface area contributed by atoms with E-state index in [4.69, 9.17) is 15.9 Å². The number of hydrogen-bond acceptors (Lipinski definition) is 13. The standard InChI is InChI=1S/C53H62F2N10O7/c54-35-26-34(27-36(55)29-35)25-33-7-12-44(56)43(28-33)49(57)62-50(68)41-11-9-39(31-45(41)60-37-15-23-72-24-16-37)64-21-19-63(20-22-64)32-48(67)59-18-6-4-2-1-3-5-17-58-38-8-10-40-42(30-38)53(71)65(52(40)70)46-13-14-47(66)61-51(46)69/h7-12,26-31,37,46,58,60H,1-6,13-25,32,56H2,(H,59,67)(H2,57,62,68)(H,61,66,69). The molecule has 4 heterocycles. The first-order chi connectivity index (χ1) is 34.8. The summed E-state index contributed by atoms with van der Waals surface area (Å²) in [7, 11) is 0. The van der Waals surface area contributed by atoms with E-state index in [0.717, 1.165) is 73.7 Å². The summed E-state index contributed by atoms with van der Waals surface area (Å²) in [4.78, 5) is 82.1. The van der Waals surface area contributed by atoms with Crippen molar-refractivity contribution < 1.29 is 42.3 Å². The maximum Gasteiger partial charge on any atom is 0.262 e. The highest BCUT2D eigenvalue weighted by atomic mass is 19.1. The first kappa shape index (κ1) is 51.1. The van der Waals surface area contributed by atoms with Crippen molar-refractivity contribution >= 4 is 64.0 Å². The van der Waals surface area contributed by atoms with E-state index < -0.39 is 47.2 Å². The Kier molecular flexibility index (Phi) is 16.9. The van der Waals surface area contributed by atoms with Gasteiger partial charge in [0.1, 0.15) is 23.5 Å². The lowest BCUT2D eigenvalue weighted by Gasteiger charge is -2.36. The van der Waals surface area contributed by atoms with Crippen LogP contribution in [0.3, 0.4) is 0 Å². The van der Waals surface area contributed by atoms with E-state index in [1.165, 1.54) is 12.1 Å². The molecule has 1 unspecified atom stereocenters. The monoisotopic (exact) mass is 988 g/mol. The number of nitrogen functional groups attached to an aromatic ring is 1. The van der Waals surface area contributed by atoms with Crippen molar-refractivity contribution in [3.63, 3.8) is 0 Å². The fourth-order valence-electron chi connectivity index (χ4n) is 9.66. The molecule has 6 amide bonds. The number of nitrogens with one attached hydrogen (secondary N) is 6. The van der Waals surface area contributed by atoms with Crippen LogP contribution in [0, 0.1) is 17.0 Å². The molecule has 4 aliphatic heterocycles. The SMILES string of the molecule is N=C(NC(=O)c1ccc(N2CCN(CC(=O)NCCCCCCCCNc3ccc4c(c3)C(=O)N(C3CCC(=O)NC3=O)C4=O)CC2)cc1NC1CCOCC1)c1cc(Cc2cc(F)cc(F)c2)ccc1N. The molecular weight excluding hydrogens is 927 g/mol. The Morgan fingerprint density at radius 2 is 1.46 bits per heavy atom. The molecule has 380 valence electrons. The normalized spacial score (nSPS) is 17.4. The molecule has 0 spiro atoms. The summed E-state index contributed by atoms with van der Waals surface area (Å²) in [5, 5.41) is 23.7. The van der Waals surface area contributed by atoms with Gasteiger partial charge in [0.25, 0.3) is 17.7 Å². The van der Waals surface area contributed by atoms with Crippen molar-refractivity contribution in [1.82, 2.24) is 25.8 Å². The van der Waals surface area contributed by atoms with Gasteiger partial charge in [-0.2, -0.15) is 0 Å². The number of hydrogen-bond donors (Lipinski definition) is 7. The number of ether oxygens (including phenoxy) is 1. The highest BCUT2D eigenvalue weighted by Crippen LogP contribution is 2.31. The van der Waals surface area contributed by atoms with Crippen LogP contribution < -0.4 is 37.2 Å². The van der Waals surface area contributed by atoms with Crippen LogP contribution in [0.1, 0.15) is 112 Å². The first-order valence-electron chi connectivity index (χ1n) is 24.8. The summed E-state index contributed by atoms with van der Waals surface area (Å²) in [6.07, 6.45) is 7.83. The second kappa shape index (κ2) is 23.8. The Balaban J connectivity index is 0.733. The number of piperazine rings is 1. The predicted molar refractivity (Wildman–Crippen MR) is 269 cm³/mol. The molecule has 17 nitrogen and oxygen atoms in total. The summed E-state index contributed by atoms with van der Waals surface area (Å²) in [6.45, 7) is 5.57. The van der Waals surface area contributed by atoms with Gasteiger partial charge in [-0.3, -0.25) is 49.3 Å². The largest absolute Gasteiger partial charge is 0.398 e. The zero-order chi connectivity index (χ0) is 50.7. The van der Waals surface area contributed by atoms with E-state index in [1.807, 2.05) is 12.1 Å². The molecule has 1 atom stereocenters. The van der Waals surface area contributed by atoms with Crippen molar-refractivity contribution in [2.45, 2.75) is 82.7 Å². The summed E-state index contributed by atoms with van der Waals surface area (Å²) in [5.41, 5.74) is 11.0. The number of nitrogens with two attached hydrogens (primary N) is 1. The number of anilines is 4. The van der Waals surface area contributed by atoms with Crippen LogP contribution >= 0.6 is 0 Å². The highest BCUT2D eigenvalue weighted by molar-refractivity contribution is 6.23. The van der Waals surface area contributed by atoms with Gasteiger partial charge >= 0.3 is 0 Å². The molecule has 8 rings (SSSR count). The first-order valence-corrected chi connectivity index (χ1v) is 24.8. The minimum absolute atomic E-state index is 0.00448. The number of benzene rings is 4. The predicted octanol–water partition coefficient (Wildman–Crippen LogP) is 5.58. The van der Waals surface area contributed by atoms with Crippen LogP contribution in [0.4, 0.5) is 31.5 Å².